The maximum Gasteiger partial charge on any atom is 0.306 e. The lowest BCUT2D eigenvalue weighted by atomic mass is 10.1. The summed E-state index contributed by atoms with van der Waals surface area (Å²) in [5.41, 5.74) is -0.658. The first-order valence-corrected chi connectivity index (χ1v) is 5.30. The molecule has 1 aromatic rings. The minimum atomic E-state index is -1.07. The normalized spacial score (nSPS) is 15.4. The van der Waals surface area contributed by atoms with Gasteiger partial charge in [0.25, 0.3) is 0 Å². The van der Waals surface area contributed by atoms with Gasteiger partial charge in [0, 0.05) is 12.0 Å². The van der Waals surface area contributed by atoms with Crippen molar-refractivity contribution in [1.29, 1.82) is 0 Å². The molecule has 0 aromatic heterocycles. The molecule has 0 unspecified atom stereocenters. The molecule has 2 rings (SSSR count). The predicted octanol–water partition coefficient (Wildman–Crippen LogP) is 2.41. The van der Waals surface area contributed by atoms with E-state index in [2.05, 4.69) is 0 Å². The largest absolute Gasteiger partial charge is 0.491 e. The van der Waals surface area contributed by atoms with Crippen LogP contribution in [0, 0.1) is 21.8 Å². The molecule has 0 saturated carbocycles. The Morgan fingerprint density at radius 3 is 2.82 bits per heavy atom. The van der Waals surface area contributed by atoms with Crippen LogP contribution in [0.5, 0.6) is 5.75 Å². The standard InChI is InChI=1S/C10H9ClFNO4/c11-9-8(17-5-6-3-16-4-6)2-1-7(10(9)12)13(14)15/h1-2,6H,3-5H2. The van der Waals surface area contributed by atoms with Gasteiger partial charge in [0.05, 0.1) is 24.7 Å². The first-order valence-electron chi connectivity index (χ1n) is 4.92. The Labute approximate surface area is 101 Å². The summed E-state index contributed by atoms with van der Waals surface area (Å²) in [4.78, 5) is 9.63. The van der Waals surface area contributed by atoms with Gasteiger partial charge < -0.3 is 9.47 Å². The predicted molar refractivity (Wildman–Crippen MR) is 57.9 cm³/mol. The Balaban J connectivity index is 2.12. The summed E-state index contributed by atoms with van der Waals surface area (Å²) in [5.74, 6) is -0.690. The molecule has 0 atom stereocenters. The van der Waals surface area contributed by atoms with Crippen LogP contribution in [0.2, 0.25) is 5.02 Å². The Hall–Kier alpha value is -1.40. The summed E-state index contributed by atoms with van der Waals surface area (Å²) in [6, 6.07) is 2.33. The van der Waals surface area contributed by atoms with Crippen molar-refractivity contribution in [2.24, 2.45) is 5.92 Å². The summed E-state index contributed by atoms with van der Waals surface area (Å²) in [7, 11) is 0. The Kier molecular flexibility index (Phi) is 3.44. The summed E-state index contributed by atoms with van der Waals surface area (Å²) in [6.07, 6.45) is 0. The third-order valence-electron chi connectivity index (χ3n) is 2.40. The molecule has 0 aliphatic carbocycles. The van der Waals surface area contributed by atoms with Crippen LogP contribution in [0.25, 0.3) is 0 Å². The molecule has 0 bridgehead atoms. The molecule has 1 fully saturated rings. The highest BCUT2D eigenvalue weighted by atomic mass is 35.5. The van der Waals surface area contributed by atoms with Crippen LogP contribution in [0.1, 0.15) is 0 Å². The average Bonchev–Trinajstić information content (AvgIpc) is 2.21. The molecule has 1 aliphatic heterocycles. The van der Waals surface area contributed by atoms with Gasteiger partial charge in [-0.1, -0.05) is 11.6 Å². The van der Waals surface area contributed by atoms with Crippen LogP contribution in [0.3, 0.4) is 0 Å². The van der Waals surface area contributed by atoms with E-state index in [1.54, 1.807) is 0 Å². The zero-order valence-corrected chi connectivity index (χ0v) is 9.45. The second-order valence-corrected chi connectivity index (χ2v) is 4.06. The number of hydrogen-bond acceptors (Lipinski definition) is 4. The first-order chi connectivity index (χ1) is 8.09. The van der Waals surface area contributed by atoms with E-state index in [0.717, 1.165) is 6.07 Å². The molecule has 92 valence electrons. The highest BCUT2D eigenvalue weighted by Crippen LogP contribution is 2.33. The first kappa shape index (κ1) is 12.1. The highest BCUT2D eigenvalue weighted by Gasteiger charge is 2.23. The van der Waals surface area contributed by atoms with Crippen LogP contribution in [-0.4, -0.2) is 24.7 Å². The molecule has 7 heteroatoms. The number of nitrogens with zero attached hydrogens (tertiary/aromatic N) is 1. The van der Waals surface area contributed by atoms with Gasteiger partial charge in [0.2, 0.25) is 5.82 Å². The molecule has 1 aliphatic rings. The molecular weight excluding hydrogens is 253 g/mol. The fourth-order valence-corrected chi connectivity index (χ4v) is 1.58. The third kappa shape index (κ3) is 2.48. The molecule has 17 heavy (non-hydrogen) atoms. The molecular formula is C10H9ClFNO4. The van der Waals surface area contributed by atoms with Gasteiger partial charge in [-0.2, -0.15) is 4.39 Å². The van der Waals surface area contributed by atoms with Crippen LogP contribution >= 0.6 is 11.6 Å². The van der Waals surface area contributed by atoms with Crippen molar-refractivity contribution in [1.82, 2.24) is 0 Å². The van der Waals surface area contributed by atoms with E-state index < -0.39 is 16.4 Å². The molecule has 1 aromatic carbocycles. The zero-order chi connectivity index (χ0) is 12.4. The van der Waals surface area contributed by atoms with E-state index in [1.807, 2.05) is 0 Å². The summed E-state index contributed by atoms with van der Waals surface area (Å²) in [6.45, 7) is 1.57. The van der Waals surface area contributed by atoms with E-state index in [0.29, 0.717) is 19.8 Å². The highest BCUT2D eigenvalue weighted by molar-refractivity contribution is 6.32. The second-order valence-electron chi connectivity index (χ2n) is 3.68. The van der Waals surface area contributed by atoms with Gasteiger partial charge in [0.15, 0.2) is 0 Å². The van der Waals surface area contributed by atoms with Crippen molar-refractivity contribution in [3.63, 3.8) is 0 Å². The Morgan fingerprint density at radius 2 is 2.29 bits per heavy atom. The fraction of sp³-hybridized carbons (Fsp3) is 0.400. The Morgan fingerprint density at radius 1 is 1.59 bits per heavy atom. The molecule has 0 radical (unpaired) electrons. The van der Waals surface area contributed by atoms with Crippen molar-refractivity contribution < 1.29 is 18.8 Å². The lowest BCUT2D eigenvalue weighted by molar-refractivity contribution is -0.387. The number of nitro benzene ring substituents is 1. The number of benzene rings is 1. The summed E-state index contributed by atoms with van der Waals surface area (Å²) < 4.78 is 23.7. The topological polar surface area (TPSA) is 61.6 Å². The lowest BCUT2D eigenvalue weighted by Crippen LogP contribution is -2.32. The van der Waals surface area contributed by atoms with Gasteiger partial charge in [-0.15, -0.1) is 0 Å². The minimum absolute atomic E-state index is 0.113. The monoisotopic (exact) mass is 261 g/mol. The molecule has 0 amide bonds. The van der Waals surface area contributed by atoms with E-state index in [-0.39, 0.29) is 16.7 Å². The molecule has 1 saturated heterocycles. The molecule has 5 nitrogen and oxygen atoms in total. The van der Waals surface area contributed by atoms with Crippen LogP contribution in [0.15, 0.2) is 12.1 Å². The fourth-order valence-electron chi connectivity index (χ4n) is 1.36. The summed E-state index contributed by atoms with van der Waals surface area (Å²) >= 11 is 5.65. The quantitative estimate of drug-likeness (QED) is 0.617. The summed E-state index contributed by atoms with van der Waals surface area (Å²) in [5, 5.41) is 10.1. The van der Waals surface area contributed by atoms with Crippen LogP contribution < -0.4 is 4.74 Å². The minimum Gasteiger partial charge on any atom is -0.491 e. The lowest BCUT2D eigenvalue weighted by Gasteiger charge is -2.25. The van der Waals surface area contributed by atoms with Gasteiger partial charge in [-0.25, -0.2) is 0 Å². The number of rotatable bonds is 4. The molecule has 0 spiro atoms. The van der Waals surface area contributed by atoms with Crippen molar-refractivity contribution in [2.45, 2.75) is 0 Å². The number of halogens is 2. The van der Waals surface area contributed by atoms with E-state index in [1.165, 1.54) is 6.07 Å². The van der Waals surface area contributed by atoms with Gasteiger partial charge >= 0.3 is 5.69 Å². The maximum atomic E-state index is 13.5. The van der Waals surface area contributed by atoms with Crippen LogP contribution in [-0.2, 0) is 4.74 Å². The van der Waals surface area contributed by atoms with Gasteiger partial charge in [-0.3, -0.25) is 10.1 Å². The molecule has 1 heterocycles. The van der Waals surface area contributed by atoms with Gasteiger partial charge in [-0.05, 0) is 6.07 Å². The van der Waals surface area contributed by atoms with Crippen molar-refractivity contribution in [3.8, 4) is 5.75 Å². The third-order valence-corrected chi connectivity index (χ3v) is 2.76. The SMILES string of the molecule is O=[N+]([O-])c1ccc(OCC2COC2)c(Cl)c1F. The second kappa shape index (κ2) is 4.85. The Bertz CT molecular complexity index is 450. The van der Waals surface area contributed by atoms with Crippen molar-refractivity contribution in [3.05, 3.63) is 33.1 Å². The average molecular weight is 262 g/mol. The van der Waals surface area contributed by atoms with E-state index in [9.17, 15) is 14.5 Å². The van der Waals surface area contributed by atoms with Crippen LogP contribution in [0.4, 0.5) is 10.1 Å². The number of hydrogen-bond donors (Lipinski definition) is 0. The zero-order valence-electron chi connectivity index (χ0n) is 8.69. The van der Waals surface area contributed by atoms with E-state index >= 15 is 0 Å². The van der Waals surface area contributed by atoms with E-state index in [4.69, 9.17) is 21.1 Å². The molecule has 0 N–H and O–H groups in total. The maximum absolute atomic E-state index is 13.5. The van der Waals surface area contributed by atoms with Crippen molar-refractivity contribution >= 4 is 17.3 Å². The number of ether oxygens (including phenoxy) is 2. The van der Waals surface area contributed by atoms with Gasteiger partial charge in [0.1, 0.15) is 10.8 Å². The number of nitro groups is 1. The van der Waals surface area contributed by atoms with Crippen molar-refractivity contribution in [2.75, 3.05) is 19.8 Å². The smallest absolute Gasteiger partial charge is 0.306 e.